The van der Waals surface area contributed by atoms with E-state index < -0.39 is 0 Å². The maximum atomic E-state index is 3.86. The normalized spacial score (nSPS) is 26.4. The lowest BCUT2D eigenvalue weighted by Gasteiger charge is -2.28. The summed E-state index contributed by atoms with van der Waals surface area (Å²) in [5.74, 6) is 1.96. The highest BCUT2D eigenvalue weighted by atomic mass is 16.0. The third-order valence-corrected chi connectivity index (χ3v) is 9.39. The zero-order valence-electron chi connectivity index (χ0n) is 25.3. The van der Waals surface area contributed by atoms with Crippen molar-refractivity contribution in [3.8, 4) is 0 Å². The average molecular weight is 523 g/mol. The maximum absolute atomic E-state index is 3.86. The second-order valence-corrected chi connectivity index (χ2v) is 12.7. The molecule has 2 fully saturated rings. The molecule has 4 N–H and O–H groups in total. The van der Waals surface area contributed by atoms with E-state index >= 15 is 0 Å². The summed E-state index contributed by atoms with van der Waals surface area (Å²) in [4.78, 5) is 0. The Labute approximate surface area is 233 Å². The van der Waals surface area contributed by atoms with Crippen LogP contribution in [0.4, 0.5) is 0 Å². The van der Waals surface area contributed by atoms with E-state index in [0.29, 0.717) is 0 Å². The summed E-state index contributed by atoms with van der Waals surface area (Å²) < 4.78 is 0. The first kappa shape index (κ1) is 34.9. The van der Waals surface area contributed by atoms with Crippen LogP contribution in [0.3, 0.4) is 0 Å². The molecule has 1 unspecified atom stereocenters. The summed E-state index contributed by atoms with van der Waals surface area (Å²) in [5.41, 5.74) is 0. The van der Waals surface area contributed by atoms with E-state index in [4.69, 9.17) is 0 Å². The molecule has 1 atom stereocenters. The summed E-state index contributed by atoms with van der Waals surface area (Å²) in [6, 6.07) is 0. The number of hydrogen-bond acceptors (Lipinski definition) is 2. The van der Waals surface area contributed by atoms with Crippen LogP contribution in [-0.2, 0) is 0 Å². The molecule has 2 rings (SSSR count). The molecule has 0 aromatic rings. The summed E-state index contributed by atoms with van der Waals surface area (Å²) >= 11 is 0. The predicted octanol–water partition coefficient (Wildman–Crippen LogP) is 9.52. The highest BCUT2D eigenvalue weighted by molar-refractivity contribution is 4.73. The van der Waals surface area contributed by atoms with E-state index in [1.165, 1.54) is 206 Å². The Hall–Kier alpha value is -0.120. The molecule has 0 spiro atoms. The van der Waals surface area contributed by atoms with E-state index in [1.807, 2.05) is 0 Å². The van der Waals surface area contributed by atoms with E-state index in [9.17, 15) is 0 Å². The lowest BCUT2D eigenvalue weighted by atomic mass is 9.79. The first-order valence-electron chi connectivity index (χ1n) is 17.4. The van der Waals surface area contributed by atoms with Gasteiger partial charge in [0.25, 0.3) is 0 Å². The van der Waals surface area contributed by atoms with Crippen molar-refractivity contribution in [2.75, 3.05) is 26.2 Å². The van der Waals surface area contributed by atoms with Gasteiger partial charge in [0.15, 0.2) is 0 Å². The van der Waals surface area contributed by atoms with E-state index in [1.54, 1.807) is 0 Å². The van der Waals surface area contributed by atoms with Crippen LogP contribution >= 0.6 is 0 Å². The molecule has 3 nitrogen and oxygen atoms in total. The van der Waals surface area contributed by atoms with E-state index in [2.05, 4.69) is 10.6 Å². The zero-order chi connectivity index (χ0) is 25.2. The predicted molar refractivity (Wildman–Crippen MR) is 166 cm³/mol. The van der Waals surface area contributed by atoms with Crippen LogP contribution in [0.2, 0.25) is 0 Å². The number of nitrogens with one attached hydrogen (secondary N) is 2. The van der Waals surface area contributed by atoms with Crippen molar-refractivity contribution >= 4 is 0 Å². The van der Waals surface area contributed by atoms with Crippen molar-refractivity contribution in [2.24, 2.45) is 11.8 Å². The molecule has 1 heterocycles. The summed E-state index contributed by atoms with van der Waals surface area (Å²) in [7, 11) is 0. The van der Waals surface area contributed by atoms with E-state index in [0.717, 1.165) is 11.8 Å². The van der Waals surface area contributed by atoms with E-state index in [-0.39, 0.29) is 5.48 Å². The Morgan fingerprint density at radius 2 is 0.486 bits per heavy atom. The van der Waals surface area contributed by atoms with Crippen molar-refractivity contribution in [1.29, 1.82) is 0 Å². The van der Waals surface area contributed by atoms with Gasteiger partial charge in [-0.25, -0.2) is 0 Å². The fourth-order valence-corrected chi connectivity index (χ4v) is 6.92. The summed E-state index contributed by atoms with van der Waals surface area (Å²) in [5, 5.41) is 7.57. The largest absolute Gasteiger partial charge is 0.412 e. The summed E-state index contributed by atoms with van der Waals surface area (Å²) in [6.07, 6.45) is 41.1. The maximum Gasteiger partial charge on any atom is -0.00462 e. The van der Waals surface area contributed by atoms with Crippen LogP contribution in [0.25, 0.3) is 0 Å². The lowest BCUT2D eigenvalue weighted by Crippen LogP contribution is -2.24. The average Bonchev–Trinajstić information content (AvgIpc) is 2.89. The molecular formula is C34H70N2O. The minimum absolute atomic E-state index is 0. The first-order valence-corrected chi connectivity index (χ1v) is 17.4. The lowest BCUT2D eigenvalue weighted by molar-refractivity contribution is 0.240. The Balaban J connectivity index is 0.00000684. The molecule has 0 bridgehead atoms. The third-order valence-electron chi connectivity index (χ3n) is 9.39. The summed E-state index contributed by atoms with van der Waals surface area (Å²) in [6.45, 7) is 5.00. The standard InChI is InChI=1S/C34H68N2.H2O/c1-2-4-6-8-10-14-19-25-33(26-20-15-11-9-7-5-3-1)34-27-21-18-24-30-35-29-22-16-12-13-17-23-31-36-32-28-34;/h33-36H,1-32H2;1H2. The number of hydrogen-bond donors (Lipinski definition) is 2. The minimum Gasteiger partial charge on any atom is -0.412 e. The Kier molecular flexibility index (Phi) is 25.9. The molecule has 1 saturated heterocycles. The monoisotopic (exact) mass is 523 g/mol. The van der Waals surface area contributed by atoms with Gasteiger partial charge in [0.2, 0.25) is 0 Å². The fourth-order valence-electron chi connectivity index (χ4n) is 6.92. The quantitative estimate of drug-likeness (QED) is 0.360. The zero-order valence-corrected chi connectivity index (χ0v) is 25.3. The van der Waals surface area contributed by atoms with Crippen molar-refractivity contribution in [2.45, 2.75) is 180 Å². The molecule has 37 heavy (non-hydrogen) atoms. The molecule has 0 aromatic heterocycles. The second kappa shape index (κ2) is 27.4. The highest BCUT2D eigenvalue weighted by Crippen LogP contribution is 2.32. The molecule has 1 aliphatic heterocycles. The minimum atomic E-state index is 0. The van der Waals surface area contributed by atoms with Gasteiger partial charge in [-0.05, 0) is 63.7 Å². The molecular weight excluding hydrogens is 452 g/mol. The van der Waals surface area contributed by atoms with Gasteiger partial charge in [0.1, 0.15) is 0 Å². The molecule has 0 aromatic carbocycles. The Morgan fingerprint density at radius 1 is 0.243 bits per heavy atom. The van der Waals surface area contributed by atoms with Gasteiger partial charge in [-0.15, -0.1) is 0 Å². The topological polar surface area (TPSA) is 55.6 Å². The molecule has 1 saturated carbocycles. The van der Waals surface area contributed by atoms with Crippen molar-refractivity contribution in [3.05, 3.63) is 0 Å². The van der Waals surface area contributed by atoms with Crippen LogP contribution in [0.15, 0.2) is 0 Å². The molecule has 0 radical (unpaired) electrons. The van der Waals surface area contributed by atoms with Crippen LogP contribution in [0, 0.1) is 11.8 Å². The SMILES string of the molecule is C1CCCCCCCCC(C2CCCCCNCCCCCCCCNCC2)CCCCCCCC1.O. The molecule has 2 aliphatic rings. The van der Waals surface area contributed by atoms with Gasteiger partial charge in [-0.2, -0.15) is 0 Å². The number of rotatable bonds is 1. The first-order chi connectivity index (χ1) is 18.0. The fraction of sp³-hybridized carbons (Fsp3) is 1.00. The van der Waals surface area contributed by atoms with Crippen LogP contribution < -0.4 is 10.6 Å². The van der Waals surface area contributed by atoms with Crippen LogP contribution in [0.1, 0.15) is 180 Å². The molecule has 0 amide bonds. The van der Waals surface area contributed by atoms with Crippen LogP contribution in [0.5, 0.6) is 0 Å². The van der Waals surface area contributed by atoms with Gasteiger partial charge in [0.05, 0.1) is 0 Å². The van der Waals surface area contributed by atoms with Crippen molar-refractivity contribution in [3.63, 3.8) is 0 Å². The van der Waals surface area contributed by atoms with Gasteiger partial charge >= 0.3 is 0 Å². The highest BCUT2D eigenvalue weighted by Gasteiger charge is 2.20. The smallest absolute Gasteiger partial charge is 0.00462 e. The second-order valence-electron chi connectivity index (χ2n) is 12.7. The van der Waals surface area contributed by atoms with Crippen molar-refractivity contribution in [1.82, 2.24) is 10.6 Å². The van der Waals surface area contributed by atoms with Crippen LogP contribution in [-0.4, -0.2) is 31.7 Å². The Morgan fingerprint density at radius 3 is 0.865 bits per heavy atom. The molecule has 222 valence electrons. The van der Waals surface area contributed by atoms with Gasteiger partial charge < -0.3 is 16.1 Å². The molecule has 3 heteroatoms. The van der Waals surface area contributed by atoms with Gasteiger partial charge in [-0.1, -0.05) is 154 Å². The van der Waals surface area contributed by atoms with Gasteiger partial charge in [-0.3, -0.25) is 0 Å². The molecule has 1 aliphatic carbocycles. The van der Waals surface area contributed by atoms with Crippen molar-refractivity contribution < 1.29 is 5.48 Å². The third kappa shape index (κ3) is 21.4. The van der Waals surface area contributed by atoms with Gasteiger partial charge in [0, 0.05) is 0 Å². The Bertz CT molecular complexity index is 368.